The number of carboxylic acids is 2. The molecular formula is C76H130N2O8. The second kappa shape index (κ2) is 22.7. The number of hydrogen-bond acceptors (Lipinski definition) is 8. The molecule has 10 nitrogen and oxygen atoms in total. The van der Waals surface area contributed by atoms with E-state index in [4.69, 9.17) is 24.7 Å². The number of aliphatic carboxylic acids is 2. The first kappa shape index (κ1) is 68.5. The Hall–Kier alpha value is -1.82. The number of hydrogen-bond donors (Lipinski definition) is 3. The molecule has 10 rings (SSSR count). The third kappa shape index (κ3) is 9.71. The van der Waals surface area contributed by atoms with Gasteiger partial charge in [0.15, 0.2) is 0 Å². The summed E-state index contributed by atoms with van der Waals surface area (Å²) in [6.07, 6.45) is 18.2. The van der Waals surface area contributed by atoms with Gasteiger partial charge in [-0.2, -0.15) is 0 Å². The van der Waals surface area contributed by atoms with E-state index in [0.29, 0.717) is 77.6 Å². The molecule has 0 aromatic heterocycles. The van der Waals surface area contributed by atoms with Crippen LogP contribution in [-0.2, 0) is 28.5 Å². The Labute approximate surface area is 525 Å². The van der Waals surface area contributed by atoms with Gasteiger partial charge in [-0.15, -0.1) is 0 Å². The van der Waals surface area contributed by atoms with Crippen LogP contribution in [0.4, 0.5) is 0 Å². The van der Waals surface area contributed by atoms with Gasteiger partial charge in [-0.1, -0.05) is 162 Å². The maximum Gasteiger partial charge on any atom is 0.307 e. The second-order valence-corrected chi connectivity index (χ2v) is 36.6. The summed E-state index contributed by atoms with van der Waals surface area (Å²) in [5.74, 6) is 3.35. The predicted octanol–water partition coefficient (Wildman–Crippen LogP) is 16.5. The van der Waals surface area contributed by atoms with E-state index in [1.165, 1.54) is 12.8 Å². The highest BCUT2D eigenvalue weighted by Crippen LogP contribution is 2.78. The summed E-state index contributed by atoms with van der Waals surface area (Å²) in [5, 5.41) is 21.9. The molecule has 0 amide bonds. The molecule has 0 unspecified atom stereocenters. The summed E-state index contributed by atoms with van der Waals surface area (Å²) >= 11 is 0. The standard InChI is InChI=1S/C39H67NO4.C37H63NO4/c1-24(2)27(6)34(7)18-19-36(9)28-14-15-30-35(8)21-43-23-39(30,29(28)16-17-37(36,10)31(34)33(41)42)20-26(5)32(35)44-22-38(11,25(3)4)40(12)13;1-22(2)25(6)32(7)16-17-34(9)26-12-13-28-33(8)19-41-21-37(28,27(26)14-15-35(34,10)29(32)31(39)40)18-24(5)30(33)42-20-36(11,38)23(3)4/h16,24-28,30-32H,14-15,17-23H2,1-13H3,(H,41,42);14,22-26,28-30H,12-13,15-21,38H2,1-11H3,(H,39,40)/t26-,27-,28+,30+,31-,32+,34-,35-,36-,37+,38-,39+;24-,25-,26+,28+,29-,30+,32-,33-,34-,35+,36-,37+/m11/s1. The second-order valence-electron chi connectivity index (χ2n) is 36.6. The Kier molecular flexibility index (Phi) is 18.1. The Balaban J connectivity index is 0.000000206. The average Bonchev–Trinajstić information content (AvgIpc) is 0.717. The Bertz CT molecular complexity index is 2580. The molecule has 2 heterocycles. The van der Waals surface area contributed by atoms with Crippen LogP contribution in [0.25, 0.3) is 0 Å². The lowest BCUT2D eigenvalue weighted by atomic mass is 9.34. The zero-order chi connectivity index (χ0) is 64.1. The zero-order valence-corrected chi connectivity index (χ0v) is 59.5. The molecule has 86 heavy (non-hydrogen) atoms. The molecule has 4 bridgehead atoms. The molecule has 0 aromatic carbocycles. The van der Waals surface area contributed by atoms with Crippen molar-refractivity contribution in [2.24, 2.45) is 143 Å². The van der Waals surface area contributed by atoms with Crippen LogP contribution in [0.2, 0.25) is 0 Å². The first-order valence-electron chi connectivity index (χ1n) is 35.3. The van der Waals surface area contributed by atoms with Crippen LogP contribution in [0.1, 0.15) is 229 Å². The molecule has 4 N–H and O–H groups in total. The van der Waals surface area contributed by atoms with Crippen LogP contribution in [0.15, 0.2) is 23.3 Å². The number of fused-ring (bicyclic) bond motifs is 6. The van der Waals surface area contributed by atoms with Crippen molar-refractivity contribution in [2.75, 3.05) is 53.7 Å². The van der Waals surface area contributed by atoms with Crippen LogP contribution in [0, 0.1) is 137 Å². The highest BCUT2D eigenvalue weighted by molar-refractivity contribution is 5.74. The van der Waals surface area contributed by atoms with Crippen molar-refractivity contribution in [3.05, 3.63) is 23.3 Å². The molecule has 492 valence electrons. The van der Waals surface area contributed by atoms with E-state index >= 15 is 0 Å². The van der Waals surface area contributed by atoms with Gasteiger partial charge >= 0.3 is 11.9 Å². The van der Waals surface area contributed by atoms with E-state index in [-0.39, 0.29) is 89.3 Å². The van der Waals surface area contributed by atoms with Crippen molar-refractivity contribution in [1.82, 2.24) is 4.90 Å². The van der Waals surface area contributed by atoms with E-state index in [1.54, 1.807) is 11.1 Å². The van der Waals surface area contributed by atoms with Gasteiger partial charge in [0.05, 0.1) is 63.7 Å². The molecular weight excluding hydrogens is 1070 g/mol. The monoisotopic (exact) mass is 1200 g/mol. The SMILES string of the molecule is CC(C)[C@@H](C)[C@@]1(C)CC[C@]2(C)[C@H]3CC[C@@H]4[C@@]5(COC[C@@]4(C)[C@@H](OC[C@@](C)(N)C(C)C)[C@H](C)C5)C3=CC[C@@]2(C)[C@@H]1C(=O)O.CC(C)[C@@H](C)[C@@]1(C)CC[C@]2(C)[C@H]3CC[C@@H]4[C@@]5(COC[C@@]4(C)[C@@H](OC[C@](C)(C(C)C)N(C)C)[C@H](C)C5)C3=CC[C@@]2(C)[C@@H]1C(=O)O. The number of allylic oxidation sites excluding steroid dienone is 2. The van der Waals surface area contributed by atoms with E-state index in [1.807, 2.05) is 0 Å². The molecule has 10 heteroatoms. The number of rotatable bonds is 15. The summed E-state index contributed by atoms with van der Waals surface area (Å²) in [5.41, 5.74) is 8.47. The van der Waals surface area contributed by atoms with Crippen molar-refractivity contribution in [3.63, 3.8) is 0 Å². The zero-order valence-electron chi connectivity index (χ0n) is 59.5. The van der Waals surface area contributed by atoms with Gasteiger partial charge in [-0.25, -0.2) is 0 Å². The van der Waals surface area contributed by atoms with Gasteiger partial charge in [-0.05, 0) is 208 Å². The van der Waals surface area contributed by atoms with Crippen LogP contribution < -0.4 is 5.73 Å². The molecule has 24 atom stereocenters. The summed E-state index contributed by atoms with van der Waals surface area (Å²) < 4.78 is 27.2. The smallest absolute Gasteiger partial charge is 0.307 e. The fraction of sp³-hybridized carbons (Fsp3) is 0.921. The number of carbonyl (C=O) groups is 2. The van der Waals surface area contributed by atoms with E-state index < -0.39 is 11.9 Å². The first-order valence-corrected chi connectivity index (χ1v) is 35.3. The highest BCUT2D eigenvalue weighted by Gasteiger charge is 2.74. The van der Waals surface area contributed by atoms with E-state index in [2.05, 4.69) is 183 Å². The fourth-order valence-corrected chi connectivity index (χ4v) is 24.3. The molecule has 8 aliphatic carbocycles. The molecule has 2 aliphatic heterocycles. The van der Waals surface area contributed by atoms with Gasteiger partial charge in [0, 0.05) is 32.7 Å². The molecule has 0 aromatic rings. The summed E-state index contributed by atoms with van der Waals surface area (Å²) in [4.78, 5) is 29.0. The minimum atomic E-state index is -0.588. The lowest BCUT2D eigenvalue weighted by Crippen LogP contribution is -2.69. The molecule has 0 spiro atoms. The average molecular weight is 1200 g/mol. The lowest BCUT2D eigenvalue weighted by Gasteiger charge is -2.71. The van der Waals surface area contributed by atoms with Crippen molar-refractivity contribution < 1.29 is 38.7 Å². The van der Waals surface area contributed by atoms with Crippen LogP contribution in [0.3, 0.4) is 0 Å². The Morgan fingerprint density at radius 3 is 1.28 bits per heavy atom. The maximum absolute atomic E-state index is 13.3. The van der Waals surface area contributed by atoms with Gasteiger partial charge in [-0.3, -0.25) is 9.59 Å². The summed E-state index contributed by atoms with van der Waals surface area (Å²) in [6, 6.07) is 0. The molecule has 2 saturated heterocycles. The minimum Gasteiger partial charge on any atom is -0.481 e. The third-order valence-corrected chi connectivity index (χ3v) is 31.5. The van der Waals surface area contributed by atoms with Crippen LogP contribution in [0.5, 0.6) is 0 Å². The highest BCUT2D eigenvalue weighted by atomic mass is 16.5. The van der Waals surface area contributed by atoms with Gasteiger partial charge < -0.3 is 39.8 Å². The molecule has 10 aliphatic rings. The van der Waals surface area contributed by atoms with Gasteiger partial charge in [0.2, 0.25) is 0 Å². The molecule has 6 saturated carbocycles. The van der Waals surface area contributed by atoms with Crippen molar-refractivity contribution >= 4 is 11.9 Å². The number of ether oxygens (including phenoxy) is 4. The number of likely N-dealkylation sites (N-methyl/N-ethyl adjacent to an activating group) is 1. The molecule has 8 fully saturated rings. The number of nitrogens with zero attached hydrogens (tertiary/aromatic N) is 1. The maximum atomic E-state index is 13.3. The topological polar surface area (TPSA) is 141 Å². The Morgan fingerprint density at radius 2 is 0.953 bits per heavy atom. The van der Waals surface area contributed by atoms with Crippen molar-refractivity contribution in [3.8, 4) is 0 Å². The van der Waals surface area contributed by atoms with Crippen molar-refractivity contribution in [1.29, 1.82) is 0 Å². The van der Waals surface area contributed by atoms with Gasteiger partial charge in [0.1, 0.15) is 0 Å². The third-order valence-electron chi connectivity index (χ3n) is 31.5. The largest absolute Gasteiger partial charge is 0.481 e. The summed E-state index contributed by atoms with van der Waals surface area (Å²) in [7, 11) is 4.36. The quantitative estimate of drug-likeness (QED) is 0.136. The van der Waals surface area contributed by atoms with Crippen LogP contribution >= 0.6 is 0 Å². The first-order chi connectivity index (χ1) is 39.6. The normalized spacial score (nSPS) is 48.1. The van der Waals surface area contributed by atoms with Gasteiger partial charge in [0.25, 0.3) is 0 Å². The molecule has 0 radical (unpaired) electrons. The number of nitrogens with two attached hydrogens (primary N) is 1. The lowest BCUT2D eigenvalue weighted by molar-refractivity contribution is -0.255. The van der Waals surface area contributed by atoms with Crippen LogP contribution in [-0.4, -0.2) is 104 Å². The Morgan fingerprint density at radius 1 is 0.581 bits per heavy atom. The van der Waals surface area contributed by atoms with E-state index in [9.17, 15) is 19.8 Å². The minimum absolute atomic E-state index is 0.0218. The number of carboxylic acid groups (broad SMARTS) is 2. The fourth-order valence-electron chi connectivity index (χ4n) is 24.3. The van der Waals surface area contributed by atoms with Crippen molar-refractivity contribution in [2.45, 2.75) is 253 Å². The predicted molar refractivity (Wildman–Crippen MR) is 349 cm³/mol. The summed E-state index contributed by atoms with van der Waals surface area (Å²) in [6.45, 7) is 55.6. The van der Waals surface area contributed by atoms with E-state index in [0.717, 1.165) is 97.2 Å².